The monoisotopic (exact) mass is 323 g/mol. The predicted molar refractivity (Wildman–Crippen MR) is 93.4 cm³/mol. The van der Waals surface area contributed by atoms with Crippen LogP contribution in [0, 0.1) is 10.1 Å². The minimum atomic E-state index is -0.394. The van der Waals surface area contributed by atoms with Gasteiger partial charge >= 0.3 is 0 Å². The molecule has 6 nitrogen and oxygen atoms in total. The number of non-ortho nitro benzene ring substituents is 1. The summed E-state index contributed by atoms with van der Waals surface area (Å²) in [4.78, 5) is 14.7. The highest BCUT2D eigenvalue weighted by atomic mass is 16.6. The van der Waals surface area contributed by atoms with Crippen LogP contribution < -0.4 is 10.1 Å². The number of hydrogen-bond acceptors (Lipinski definition) is 5. The molecule has 6 heteroatoms. The third-order valence-electron chi connectivity index (χ3n) is 3.65. The lowest BCUT2D eigenvalue weighted by Gasteiger charge is -2.17. The van der Waals surface area contributed by atoms with Crippen molar-refractivity contribution >= 4 is 22.1 Å². The van der Waals surface area contributed by atoms with Crippen LogP contribution >= 0.6 is 0 Å². The van der Waals surface area contributed by atoms with Gasteiger partial charge in [0.25, 0.3) is 5.69 Å². The van der Waals surface area contributed by atoms with Gasteiger partial charge in [-0.3, -0.25) is 15.1 Å². The second-order valence-electron chi connectivity index (χ2n) is 5.43. The van der Waals surface area contributed by atoms with Gasteiger partial charge in [-0.15, -0.1) is 0 Å². The zero-order chi connectivity index (χ0) is 16.9. The van der Waals surface area contributed by atoms with Gasteiger partial charge in [-0.25, -0.2) is 0 Å². The molecule has 2 aromatic carbocycles. The molecular formula is C18H17N3O3. The molecular weight excluding hydrogens is 306 g/mol. The smallest absolute Gasteiger partial charge is 0.278 e. The second kappa shape index (κ2) is 6.95. The standard InChI is InChI=1S/C18H17N3O3/c1-13(24-14-5-3-2-4-6-14)11-20-17-7-8-18(21(22)23)16-12-19-10-9-15(16)17/h2-10,12-13,20H,11H2,1H3. The average Bonchev–Trinajstić information content (AvgIpc) is 2.60. The molecule has 0 aliphatic rings. The Bertz CT molecular complexity index is 853. The van der Waals surface area contributed by atoms with Crippen molar-refractivity contribution in [2.24, 2.45) is 0 Å². The number of fused-ring (bicyclic) bond motifs is 1. The Balaban J connectivity index is 1.76. The summed E-state index contributed by atoms with van der Waals surface area (Å²) in [6.45, 7) is 2.54. The lowest BCUT2D eigenvalue weighted by Crippen LogP contribution is -2.22. The zero-order valence-electron chi connectivity index (χ0n) is 13.2. The molecule has 3 rings (SSSR count). The molecule has 122 valence electrons. The van der Waals surface area contributed by atoms with Gasteiger partial charge in [-0.05, 0) is 31.2 Å². The maximum Gasteiger partial charge on any atom is 0.278 e. The topological polar surface area (TPSA) is 77.3 Å². The highest BCUT2D eigenvalue weighted by Gasteiger charge is 2.14. The van der Waals surface area contributed by atoms with E-state index in [4.69, 9.17) is 4.74 Å². The fourth-order valence-corrected chi connectivity index (χ4v) is 2.52. The van der Waals surface area contributed by atoms with E-state index in [1.54, 1.807) is 18.3 Å². The average molecular weight is 323 g/mol. The van der Waals surface area contributed by atoms with Crippen LogP contribution in [0.4, 0.5) is 11.4 Å². The summed E-state index contributed by atoms with van der Waals surface area (Å²) in [6, 6.07) is 14.6. The van der Waals surface area contributed by atoms with Gasteiger partial charge in [0, 0.05) is 29.5 Å². The Labute approximate surface area is 139 Å². The Kier molecular flexibility index (Phi) is 4.56. The molecule has 1 unspecified atom stereocenters. The molecule has 1 atom stereocenters. The number of hydrogen-bond donors (Lipinski definition) is 1. The first-order chi connectivity index (χ1) is 11.6. The molecule has 1 heterocycles. The number of benzene rings is 2. The van der Waals surface area contributed by atoms with Gasteiger partial charge in [-0.1, -0.05) is 18.2 Å². The third-order valence-corrected chi connectivity index (χ3v) is 3.65. The van der Waals surface area contributed by atoms with Crippen molar-refractivity contribution in [3.63, 3.8) is 0 Å². The number of pyridine rings is 1. The summed E-state index contributed by atoms with van der Waals surface area (Å²) in [5.41, 5.74) is 0.874. The fraction of sp³-hybridized carbons (Fsp3) is 0.167. The van der Waals surface area contributed by atoms with Crippen molar-refractivity contribution in [1.82, 2.24) is 4.98 Å². The molecule has 1 N–H and O–H groups in total. The first-order valence-corrected chi connectivity index (χ1v) is 7.62. The number of nitrogens with zero attached hydrogens (tertiary/aromatic N) is 2. The molecule has 0 amide bonds. The number of aromatic nitrogens is 1. The van der Waals surface area contributed by atoms with E-state index in [2.05, 4.69) is 10.3 Å². The first-order valence-electron chi connectivity index (χ1n) is 7.62. The Morgan fingerprint density at radius 3 is 2.71 bits per heavy atom. The minimum absolute atomic E-state index is 0.0530. The van der Waals surface area contributed by atoms with E-state index in [0.717, 1.165) is 16.8 Å². The minimum Gasteiger partial charge on any atom is -0.489 e. The molecule has 0 spiro atoms. The number of anilines is 1. The van der Waals surface area contributed by atoms with Gasteiger partial charge in [0.15, 0.2) is 0 Å². The molecule has 0 radical (unpaired) electrons. The summed E-state index contributed by atoms with van der Waals surface area (Å²) in [6.07, 6.45) is 3.09. The molecule has 0 aliphatic heterocycles. The number of rotatable bonds is 6. The van der Waals surface area contributed by atoms with Crippen LogP contribution in [0.3, 0.4) is 0 Å². The molecule has 3 aromatic rings. The Morgan fingerprint density at radius 2 is 1.96 bits per heavy atom. The number of nitro groups is 1. The Morgan fingerprint density at radius 1 is 1.17 bits per heavy atom. The third kappa shape index (κ3) is 3.43. The van der Waals surface area contributed by atoms with Gasteiger partial charge in [0.2, 0.25) is 0 Å². The number of para-hydroxylation sites is 1. The normalized spacial score (nSPS) is 11.9. The fourth-order valence-electron chi connectivity index (χ4n) is 2.52. The first kappa shape index (κ1) is 15.7. The lowest BCUT2D eigenvalue weighted by molar-refractivity contribution is -0.383. The molecule has 0 saturated carbocycles. The number of nitro benzene ring substituents is 1. The van der Waals surface area contributed by atoms with Crippen LogP contribution in [0.5, 0.6) is 5.75 Å². The second-order valence-corrected chi connectivity index (χ2v) is 5.43. The van der Waals surface area contributed by atoms with E-state index in [0.29, 0.717) is 11.9 Å². The van der Waals surface area contributed by atoms with E-state index >= 15 is 0 Å². The number of nitrogens with one attached hydrogen (secondary N) is 1. The molecule has 0 bridgehead atoms. The maximum absolute atomic E-state index is 11.1. The van der Waals surface area contributed by atoms with Crippen LogP contribution in [-0.2, 0) is 0 Å². The van der Waals surface area contributed by atoms with Crippen molar-refractivity contribution in [2.75, 3.05) is 11.9 Å². The summed E-state index contributed by atoms with van der Waals surface area (Å²) >= 11 is 0. The largest absolute Gasteiger partial charge is 0.489 e. The van der Waals surface area contributed by atoms with E-state index in [1.807, 2.05) is 37.3 Å². The van der Waals surface area contributed by atoms with Crippen molar-refractivity contribution < 1.29 is 9.66 Å². The SMILES string of the molecule is CC(CNc1ccc([N+](=O)[O-])c2cnccc12)Oc1ccccc1. The van der Waals surface area contributed by atoms with Crippen molar-refractivity contribution in [1.29, 1.82) is 0 Å². The van der Waals surface area contributed by atoms with E-state index < -0.39 is 4.92 Å². The maximum atomic E-state index is 11.1. The van der Waals surface area contributed by atoms with Crippen LogP contribution in [0.2, 0.25) is 0 Å². The molecule has 0 fully saturated rings. The Hall–Kier alpha value is -3.15. The highest BCUT2D eigenvalue weighted by Crippen LogP contribution is 2.30. The summed E-state index contributed by atoms with van der Waals surface area (Å²) < 4.78 is 5.83. The lowest BCUT2D eigenvalue weighted by atomic mass is 10.1. The molecule has 1 aromatic heterocycles. The van der Waals surface area contributed by atoms with Crippen molar-refractivity contribution in [2.45, 2.75) is 13.0 Å². The van der Waals surface area contributed by atoms with Crippen LogP contribution in [0.25, 0.3) is 10.8 Å². The van der Waals surface area contributed by atoms with E-state index in [-0.39, 0.29) is 11.8 Å². The molecule has 0 saturated heterocycles. The highest BCUT2D eigenvalue weighted by molar-refractivity contribution is 5.99. The summed E-state index contributed by atoms with van der Waals surface area (Å²) in [7, 11) is 0. The van der Waals surface area contributed by atoms with E-state index in [1.165, 1.54) is 12.3 Å². The van der Waals surface area contributed by atoms with Crippen LogP contribution in [0.1, 0.15) is 6.92 Å². The summed E-state index contributed by atoms with van der Waals surface area (Å²) in [5.74, 6) is 0.810. The molecule has 24 heavy (non-hydrogen) atoms. The van der Waals surface area contributed by atoms with Gasteiger partial charge < -0.3 is 10.1 Å². The van der Waals surface area contributed by atoms with Crippen LogP contribution in [0.15, 0.2) is 60.9 Å². The van der Waals surface area contributed by atoms with Crippen molar-refractivity contribution in [3.8, 4) is 5.75 Å². The zero-order valence-corrected chi connectivity index (χ0v) is 13.2. The van der Waals surface area contributed by atoms with Gasteiger partial charge in [0.1, 0.15) is 11.9 Å². The van der Waals surface area contributed by atoms with Crippen molar-refractivity contribution in [3.05, 3.63) is 71.0 Å². The number of ether oxygens (including phenoxy) is 1. The quantitative estimate of drug-likeness (QED) is 0.547. The van der Waals surface area contributed by atoms with Gasteiger partial charge in [0.05, 0.1) is 16.9 Å². The molecule has 0 aliphatic carbocycles. The van der Waals surface area contributed by atoms with E-state index in [9.17, 15) is 10.1 Å². The van der Waals surface area contributed by atoms with Crippen LogP contribution in [-0.4, -0.2) is 22.6 Å². The van der Waals surface area contributed by atoms with Gasteiger partial charge in [-0.2, -0.15) is 0 Å². The summed E-state index contributed by atoms with van der Waals surface area (Å²) in [5, 5.41) is 15.7. The predicted octanol–water partition coefficient (Wildman–Crippen LogP) is 4.02.